The quantitative estimate of drug-likeness (QED) is 0.908. The molecule has 0 aliphatic carbocycles. The molecule has 0 aliphatic heterocycles. The molecule has 0 saturated carbocycles. The first-order valence-corrected chi connectivity index (χ1v) is 6.30. The Morgan fingerprint density at radius 1 is 1.40 bits per heavy atom. The van der Waals surface area contributed by atoms with Gasteiger partial charge in [0.15, 0.2) is 11.6 Å². The number of aromatic nitrogens is 2. The summed E-state index contributed by atoms with van der Waals surface area (Å²) in [7, 11) is 1.59. The van der Waals surface area contributed by atoms with Gasteiger partial charge in [-0.2, -0.15) is 0 Å². The first-order valence-electron chi connectivity index (χ1n) is 5.92. The highest BCUT2D eigenvalue weighted by atomic mass is 35.5. The Hall–Kier alpha value is -2.14. The van der Waals surface area contributed by atoms with E-state index in [1.807, 2.05) is 0 Å². The number of halogens is 2. The molecule has 1 aromatic heterocycles. The zero-order valence-corrected chi connectivity index (χ0v) is 11.9. The highest BCUT2D eigenvalue weighted by molar-refractivity contribution is 6.33. The van der Waals surface area contributed by atoms with Crippen molar-refractivity contribution in [1.82, 2.24) is 9.97 Å². The van der Waals surface area contributed by atoms with Crippen molar-refractivity contribution < 1.29 is 4.39 Å². The number of anilines is 2. The molecule has 1 aromatic carbocycles. The summed E-state index contributed by atoms with van der Waals surface area (Å²) in [5.74, 6) is -0.0238. The van der Waals surface area contributed by atoms with Crippen LogP contribution in [-0.2, 0) is 0 Å². The summed E-state index contributed by atoms with van der Waals surface area (Å²) in [6.07, 6.45) is 1.58. The van der Waals surface area contributed by atoms with Gasteiger partial charge in [-0.3, -0.25) is 0 Å². The Balaban J connectivity index is 2.66. The van der Waals surface area contributed by atoms with Crippen LogP contribution < -0.4 is 11.1 Å². The van der Waals surface area contributed by atoms with Crippen LogP contribution >= 0.6 is 11.6 Å². The van der Waals surface area contributed by atoms with Crippen LogP contribution in [0.15, 0.2) is 18.7 Å². The summed E-state index contributed by atoms with van der Waals surface area (Å²) in [5, 5.41) is 3.01. The summed E-state index contributed by atoms with van der Waals surface area (Å²) in [6.45, 7) is 5.42. The van der Waals surface area contributed by atoms with Crippen molar-refractivity contribution in [3.63, 3.8) is 0 Å². The van der Waals surface area contributed by atoms with E-state index in [0.29, 0.717) is 16.3 Å². The lowest BCUT2D eigenvalue weighted by molar-refractivity contribution is 0.633. The number of hydrogen-bond donors (Lipinski definition) is 2. The van der Waals surface area contributed by atoms with E-state index < -0.39 is 5.82 Å². The van der Waals surface area contributed by atoms with Gasteiger partial charge in [0, 0.05) is 12.6 Å². The number of nitrogens with zero attached hydrogens (tertiary/aromatic N) is 2. The van der Waals surface area contributed by atoms with Crippen molar-refractivity contribution >= 4 is 29.2 Å². The molecule has 20 heavy (non-hydrogen) atoms. The van der Waals surface area contributed by atoms with E-state index in [2.05, 4.69) is 21.9 Å². The first kappa shape index (κ1) is 14.3. The SMILES string of the molecule is C=Cc1c(C)nc(-c2ccc(Cl)c(NC)c2F)nc1N. The Labute approximate surface area is 121 Å². The van der Waals surface area contributed by atoms with E-state index in [9.17, 15) is 4.39 Å². The van der Waals surface area contributed by atoms with Crippen LogP contribution in [0.2, 0.25) is 5.02 Å². The number of nitrogen functional groups attached to an aromatic ring is 1. The van der Waals surface area contributed by atoms with E-state index in [0.717, 1.165) is 0 Å². The molecule has 0 saturated heterocycles. The fourth-order valence-electron chi connectivity index (χ4n) is 1.93. The largest absolute Gasteiger partial charge is 0.385 e. The molecular weight excluding hydrogens is 279 g/mol. The number of benzene rings is 1. The van der Waals surface area contributed by atoms with Crippen molar-refractivity contribution in [2.24, 2.45) is 0 Å². The first-order chi connectivity index (χ1) is 9.49. The number of nitrogens with one attached hydrogen (secondary N) is 1. The van der Waals surface area contributed by atoms with Gasteiger partial charge in [-0.1, -0.05) is 24.3 Å². The Morgan fingerprint density at radius 3 is 2.65 bits per heavy atom. The highest BCUT2D eigenvalue weighted by Gasteiger charge is 2.16. The molecule has 3 N–H and O–H groups in total. The molecule has 0 bridgehead atoms. The third kappa shape index (κ3) is 2.32. The monoisotopic (exact) mass is 292 g/mol. The van der Waals surface area contributed by atoms with Crippen LogP contribution in [0, 0.1) is 12.7 Å². The van der Waals surface area contributed by atoms with Crippen molar-refractivity contribution in [3.05, 3.63) is 40.8 Å². The standard InChI is InChI=1S/C14H14ClFN4/c1-4-8-7(2)19-14(20-13(8)17)9-5-6-10(15)12(18-3)11(9)16/h4-6,18H,1H2,2-3H3,(H2,17,19,20). The van der Waals surface area contributed by atoms with Crippen LogP contribution in [0.4, 0.5) is 15.9 Å². The second kappa shape index (κ2) is 5.46. The van der Waals surface area contributed by atoms with Crippen molar-refractivity contribution in [3.8, 4) is 11.4 Å². The van der Waals surface area contributed by atoms with Gasteiger partial charge < -0.3 is 11.1 Å². The molecule has 4 nitrogen and oxygen atoms in total. The molecule has 1 heterocycles. The molecule has 6 heteroatoms. The lowest BCUT2D eigenvalue weighted by atomic mass is 10.1. The van der Waals surface area contributed by atoms with Crippen LogP contribution in [0.1, 0.15) is 11.3 Å². The fraction of sp³-hybridized carbons (Fsp3) is 0.143. The Bertz CT molecular complexity index is 662. The van der Waals surface area contributed by atoms with Crippen molar-refractivity contribution in [1.29, 1.82) is 0 Å². The van der Waals surface area contributed by atoms with E-state index in [1.54, 1.807) is 26.1 Å². The molecule has 0 amide bonds. The van der Waals surface area contributed by atoms with Crippen molar-refractivity contribution in [2.45, 2.75) is 6.92 Å². The van der Waals surface area contributed by atoms with Gasteiger partial charge in [-0.05, 0) is 19.1 Å². The minimum absolute atomic E-state index is 0.205. The Kier molecular flexibility index (Phi) is 3.90. The van der Waals surface area contributed by atoms with Crippen LogP contribution in [0.25, 0.3) is 17.5 Å². The van der Waals surface area contributed by atoms with Crippen LogP contribution in [0.3, 0.4) is 0 Å². The lowest BCUT2D eigenvalue weighted by Gasteiger charge is -2.11. The van der Waals surface area contributed by atoms with Crippen molar-refractivity contribution in [2.75, 3.05) is 18.1 Å². The topological polar surface area (TPSA) is 63.8 Å². The molecule has 0 aliphatic rings. The second-order valence-corrected chi connectivity index (χ2v) is 4.58. The normalized spacial score (nSPS) is 10.4. The van der Waals surface area contributed by atoms with Gasteiger partial charge in [0.1, 0.15) is 5.82 Å². The predicted molar refractivity (Wildman–Crippen MR) is 81.2 cm³/mol. The minimum atomic E-state index is -0.509. The summed E-state index contributed by atoms with van der Waals surface area (Å²) < 4.78 is 14.4. The molecule has 104 valence electrons. The van der Waals surface area contributed by atoms with E-state index in [4.69, 9.17) is 17.3 Å². The third-order valence-electron chi connectivity index (χ3n) is 2.95. The van der Waals surface area contributed by atoms with Gasteiger partial charge in [0.2, 0.25) is 0 Å². The second-order valence-electron chi connectivity index (χ2n) is 4.17. The average Bonchev–Trinajstić information content (AvgIpc) is 2.39. The number of nitrogens with two attached hydrogens (primary N) is 1. The van der Waals surface area contributed by atoms with E-state index in [-0.39, 0.29) is 22.9 Å². The molecule has 2 aromatic rings. The Morgan fingerprint density at radius 2 is 2.10 bits per heavy atom. The van der Waals surface area contributed by atoms with Crippen LogP contribution in [-0.4, -0.2) is 17.0 Å². The average molecular weight is 293 g/mol. The number of aryl methyl sites for hydroxylation is 1. The summed E-state index contributed by atoms with van der Waals surface area (Å²) in [4.78, 5) is 8.39. The van der Waals surface area contributed by atoms with Gasteiger partial charge in [0.25, 0.3) is 0 Å². The molecule has 0 radical (unpaired) electrons. The highest BCUT2D eigenvalue weighted by Crippen LogP contribution is 2.32. The maximum atomic E-state index is 14.4. The van der Waals surface area contributed by atoms with Gasteiger partial charge >= 0.3 is 0 Å². The zero-order valence-electron chi connectivity index (χ0n) is 11.2. The number of hydrogen-bond acceptors (Lipinski definition) is 4. The van der Waals surface area contributed by atoms with Gasteiger partial charge in [-0.15, -0.1) is 0 Å². The molecule has 0 spiro atoms. The lowest BCUT2D eigenvalue weighted by Crippen LogP contribution is -2.04. The summed E-state index contributed by atoms with van der Waals surface area (Å²) >= 11 is 5.92. The van der Waals surface area contributed by atoms with E-state index >= 15 is 0 Å². The zero-order chi connectivity index (χ0) is 14.9. The van der Waals surface area contributed by atoms with Gasteiger partial charge in [-0.25, -0.2) is 14.4 Å². The summed E-state index contributed by atoms with van der Waals surface area (Å²) in [6, 6.07) is 3.11. The maximum absolute atomic E-state index is 14.4. The predicted octanol–water partition coefficient (Wildman–Crippen LogP) is 3.51. The van der Waals surface area contributed by atoms with Gasteiger partial charge in [0.05, 0.1) is 22.0 Å². The molecule has 0 unspecified atom stereocenters. The molecule has 0 atom stereocenters. The molecule has 0 fully saturated rings. The summed E-state index contributed by atoms with van der Waals surface area (Å²) in [5.41, 5.74) is 7.57. The molecular formula is C14H14ClFN4. The van der Waals surface area contributed by atoms with Crippen LogP contribution in [0.5, 0.6) is 0 Å². The van der Waals surface area contributed by atoms with E-state index in [1.165, 1.54) is 6.07 Å². The number of rotatable bonds is 3. The molecule has 2 rings (SSSR count). The smallest absolute Gasteiger partial charge is 0.164 e. The minimum Gasteiger partial charge on any atom is -0.385 e. The third-order valence-corrected chi connectivity index (χ3v) is 3.27. The maximum Gasteiger partial charge on any atom is 0.164 e. The fourth-order valence-corrected chi connectivity index (χ4v) is 2.17.